The minimum absolute atomic E-state index is 0.220. The van der Waals surface area contributed by atoms with Crippen LogP contribution < -0.4 is 11.2 Å². The SMILES string of the molecule is Cc1[nH]c(/C=C2/C(=O)NN=C2c2cnccn2)c(C2CCCCC2)c1CCN. The fourth-order valence-corrected chi connectivity index (χ4v) is 4.38. The van der Waals surface area contributed by atoms with Crippen LogP contribution >= 0.6 is 0 Å². The highest BCUT2D eigenvalue weighted by Crippen LogP contribution is 2.38. The molecule has 0 aromatic carbocycles. The molecule has 4 rings (SSSR count). The molecule has 2 aliphatic rings. The highest BCUT2D eigenvalue weighted by Gasteiger charge is 2.28. The van der Waals surface area contributed by atoms with Crippen LogP contribution in [0.4, 0.5) is 0 Å². The zero-order chi connectivity index (χ0) is 19.5. The van der Waals surface area contributed by atoms with Crippen LogP contribution in [0, 0.1) is 6.92 Å². The van der Waals surface area contributed by atoms with E-state index in [4.69, 9.17) is 5.73 Å². The Labute approximate surface area is 164 Å². The second-order valence-electron chi connectivity index (χ2n) is 7.48. The average molecular weight is 378 g/mol. The van der Waals surface area contributed by atoms with E-state index in [-0.39, 0.29) is 5.91 Å². The quantitative estimate of drug-likeness (QED) is 0.695. The van der Waals surface area contributed by atoms with Gasteiger partial charge in [0.15, 0.2) is 0 Å². The molecule has 0 radical (unpaired) electrons. The van der Waals surface area contributed by atoms with E-state index in [2.05, 4.69) is 32.4 Å². The maximum absolute atomic E-state index is 12.5. The van der Waals surface area contributed by atoms with Gasteiger partial charge in [-0.05, 0) is 55.9 Å². The molecule has 7 nitrogen and oxygen atoms in total. The number of rotatable bonds is 5. The second-order valence-corrected chi connectivity index (χ2v) is 7.48. The molecule has 146 valence electrons. The Morgan fingerprint density at radius 3 is 2.79 bits per heavy atom. The summed E-state index contributed by atoms with van der Waals surface area (Å²) in [6.07, 6.45) is 13.8. The number of aromatic amines is 1. The maximum atomic E-state index is 12.5. The Balaban J connectivity index is 1.78. The Morgan fingerprint density at radius 2 is 2.07 bits per heavy atom. The minimum Gasteiger partial charge on any atom is -0.359 e. The summed E-state index contributed by atoms with van der Waals surface area (Å²) < 4.78 is 0. The van der Waals surface area contributed by atoms with Gasteiger partial charge < -0.3 is 10.7 Å². The molecule has 1 amide bonds. The van der Waals surface area contributed by atoms with Gasteiger partial charge in [0.2, 0.25) is 0 Å². The van der Waals surface area contributed by atoms with E-state index in [1.807, 2.05) is 6.08 Å². The van der Waals surface area contributed by atoms with E-state index in [1.165, 1.54) is 43.2 Å². The lowest BCUT2D eigenvalue weighted by atomic mass is 9.81. The Morgan fingerprint density at radius 1 is 1.25 bits per heavy atom. The number of hydrazone groups is 1. The van der Waals surface area contributed by atoms with E-state index >= 15 is 0 Å². The summed E-state index contributed by atoms with van der Waals surface area (Å²) in [5, 5.41) is 4.18. The summed E-state index contributed by atoms with van der Waals surface area (Å²) in [6.45, 7) is 2.70. The first-order chi connectivity index (χ1) is 13.7. The van der Waals surface area contributed by atoms with Crippen molar-refractivity contribution in [2.24, 2.45) is 10.8 Å². The number of nitrogens with one attached hydrogen (secondary N) is 2. The molecule has 1 saturated carbocycles. The molecule has 0 atom stereocenters. The van der Waals surface area contributed by atoms with Crippen molar-refractivity contribution in [3.8, 4) is 0 Å². The van der Waals surface area contributed by atoms with Crippen LogP contribution in [-0.2, 0) is 11.2 Å². The van der Waals surface area contributed by atoms with Gasteiger partial charge in [-0.25, -0.2) is 5.43 Å². The lowest BCUT2D eigenvalue weighted by molar-refractivity contribution is -0.116. The predicted molar refractivity (Wildman–Crippen MR) is 109 cm³/mol. The summed E-state index contributed by atoms with van der Waals surface area (Å²) >= 11 is 0. The summed E-state index contributed by atoms with van der Waals surface area (Å²) in [5.41, 5.74) is 14.8. The summed E-state index contributed by atoms with van der Waals surface area (Å²) in [7, 11) is 0. The highest BCUT2D eigenvalue weighted by atomic mass is 16.2. The zero-order valence-electron chi connectivity index (χ0n) is 16.2. The third kappa shape index (κ3) is 3.49. The van der Waals surface area contributed by atoms with Crippen LogP contribution in [0.15, 0.2) is 29.3 Å². The van der Waals surface area contributed by atoms with Crippen molar-refractivity contribution < 1.29 is 4.79 Å². The molecule has 3 heterocycles. The number of aryl methyl sites for hydroxylation is 1. The number of carbonyl (C=O) groups is 1. The molecule has 2 aromatic rings. The predicted octanol–water partition coefficient (Wildman–Crippen LogP) is 2.58. The van der Waals surface area contributed by atoms with Crippen LogP contribution in [-0.4, -0.2) is 33.1 Å². The van der Waals surface area contributed by atoms with Crippen molar-refractivity contribution in [2.45, 2.75) is 51.4 Å². The van der Waals surface area contributed by atoms with Crippen molar-refractivity contribution in [3.05, 3.63) is 52.4 Å². The van der Waals surface area contributed by atoms with Crippen LogP contribution in [0.5, 0.6) is 0 Å². The number of aromatic nitrogens is 3. The number of nitrogens with zero attached hydrogens (tertiary/aromatic N) is 3. The molecule has 7 heteroatoms. The highest BCUT2D eigenvalue weighted by molar-refractivity contribution is 6.32. The van der Waals surface area contributed by atoms with Gasteiger partial charge >= 0.3 is 0 Å². The number of H-pyrrole nitrogens is 1. The monoisotopic (exact) mass is 378 g/mol. The van der Waals surface area contributed by atoms with Crippen LogP contribution in [0.1, 0.15) is 66.2 Å². The van der Waals surface area contributed by atoms with Crippen LogP contribution in [0.25, 0.3) is 6.08 Å². The van der Waals surface area contributed by atoms with E-state index in [9.17, 15) is 4.79 Å². The average Bonchev–Trinajstić information content (AvgIpc) is 3.24. The van der Waals surface area contributed by atoms with Gasteiger partial charge in [0.1, 0.15) is 11.4 Å². The topological polar surface area (TPSA) is 109 Å². The van der Waals surface area contributed by atoms with Gasteiger partial charge in [-0.15, -0.1) is 0 Å². The first kappa shape index (κ1) is 18.6. The third-order valence-electron chi connectivity index (χ3n) is 5.66. The van der Waals surface area contributed by atoms with E-state index in [1.54, 1.807) is 18.6 Å². The molecule has 0 bridgehead atoms. The first-order valence-electron chi connectivity index (χ1n) is 9.97. The summed E-state index contributed by atoms with van der Waals surface area (Å²) in [6, 6.07) is 0. The minimum atomic E-state index is -0.220. The lowest BCUT2D eigenvalue weighted by Gasteiger charge is -2.23. The molecular weight excluding hydrogens is 352 g/mol. The zero-order valence-corrected chi connectivity index (χ0v) is 16.2. The van der Waals surface area contributed by atoms with Crippen LogP contribution in [0.2, 0.25) is 0 Å². The van der Waals surface area contributed by atoms with Crippen molar-refractivity contribution in [1.29, 1.82) is 0 Å². The Hall–Kier alpha value is -2.80. The smallest absolute Gasteiger partial charge is 0.273 e. The van der Waals surface area contributed by atoms with Gasteiger partial charge in [0.05, 0.1) is 11.8 Å². The lowest BCUT2D eigenvalue weighted by Crippen LogP contribution is -2.15. The molecule has 1 fully saturated rings. The number of hydrogen-bond acceptors (Lipinski definition) is 5. The molecule has 1 aliphatic carbocycles. The van der Waals surface area contributed by atoms with Gasteiger partial charge in [0.25, 0.3) is 5.91 Å². The molecule has 0 saturated heterocycles. The summed E-state index contributed by atoms with van der Waals surface area (Å²) in [4.78, 5) is 24.4. The van der Waals surface area contributed by atoms with Gasteiger partial charge in [-0.3, -0.25) is 14.8 Å². The standard InChI is InChI=1S/C21H26N6O/c1-13-15(7-8-22)19(14-5-3-2-4-6-14)17(25-13)11-16-20(26-27-21(16)28)18-12-23-9-10-24-18/h9-12,14,25H,2-8,22H2,1H3,(H,27,28)/b16-11+. The van der Waals surface area contributed by atoms with Crippen molar-refractivity contribution >= 4 is 17.7 Å². The van der Waals surface area contributed by atoms with Gasteiger partial charge in [-0.2, -0.15) is 5.10 Å². The maximum Gasteiger partial charge on any atom is 0.273 e. The number of nitrogens with two attached hydrogens (primary N) is 1. The normalized spacial score (nSPS) is 19.1. The molecule has 4 N–H and O–H groups in total. The third-order valence-corrected chi connectivity index (χ3v) is 5.66. The van der Waals surface area contributed by atoms with Crippen LogP contribution in [0.3, 0.4) is 0 Å². The number of carbonyl (C=O) groups excluding carboxylic acids is 1. The van der Waals surface area contributed by atoms with E-state index in [0.717, 1.165) is 17.8 Å². The second kappa shape index (κ2) is 8.06. The van der Waals surface area contributed by atoms with Crippen molar-refractivity contribution in [2.75, 3.05) is 6.54 Å². The Kier molecular flexibility index (Phi) is 5.34. The fourth-order valence-electron chi connectivity index (χ4n) is 4.38. The molecule has 0 unspecified atom stereocenters. The van der Waals surface area contributed by atoms with Crippen molar-refractivity contribution in [3.63, 3.8) is 0 Å². The molecule has 28 heavy (non-hydrogen) atoms. The summed E-state index contributed by atoms with van der Waals surface area (Å²) in [5.74, 6) is 0.288. The van der Waals surface area contributed by atoms with Gasteiger partial charge in [-0.1, -0.05) is 19.3 Å². The molecule has 1 aliphatic heterocycles. The van der Waals surface area contributed by atoms with E-state index < -0.39 is 0 Å². The fraction of sp³-hybridized carbons (Fsp3) is 0.429. The first-order valence-corrected chi connectivity index (χ1v) is 9.97. The van der Waals surface area contributed by atoms with Gasteiger partial charge in [0, 0.05) is 23.8 Å². The molecule has 0 spiro atoms. The largest absolute Gasteiger partial charge is 0.359 e. The number of hydrogen-bond donors (Lipinski definition) is 3. The molecular formula is C21H26N6O. The van der Waals surface area contributed by atoms with E-state index in [0.29, 0.717) is 29.4 Å². The molecule has 2 aromatic heterocycles. The Bertz CT molecular complexity index is 922. The van der Waals surface area contributed by atoms with Crippen molar-refractivity contribution in [1.82, 2.24) is 20.4 Å². The number of amides is 1.